The summed E-state index contributed by atoms with van der Waals surface area (Å²) in [4.78, 5) is 14.0. The fraction of sp³-hybridized carbons (Fsp3) is 0.308. The standard InChI is InChI=1S/C13H12F3NO/c1-2-4-8-5-3-6-9-10(18)7-11(13(14,15)16)17-12(8)9/h3,5-7H,2,4H2,1H3,(H,17,18). The number of benzene rings is 1. The molecule has 0 saturated heterocycles. The zero-order valence-corrected chi connectivity index (χ0v) is 9.77. The Morgan fingerprint density at radius 2 is 2.00 bits per heavy atom. The van der Waals surface area contributed by atoms with Gasteiger partial charge < -0.3 is 4.98 Å². The van der Waals surface area contributed by atoms with Crippen molar-refractivity contribution < 1.29 is 13.2 Å². The quantitative estimate of drug-likeness (QED) is 0.875. The van der Waals surface area contributed by atoms with Crippen LogP contribution in [-0.4, -0.2) is 4.98 Å². The highest BCUT2D eigenvalue weighted by Crippen LogP contribution is 2.28. The second kappa shape index (κ2) is 4.48. The molecule has 0 saturated carbocycles. The highest BCUT2D eigenvalue weighted by atomic mass is 19.4. The van der Waals surface area contributed by atoms with Crippen molar-refractivity contribution in [1.29, 1.82) is 0 Å². The van der Waals surface area contributed by atoms with Crippen molar-refractivity contribution in [3.63, 3.8) is 0 Å². The van der Waals surface area contributed by atoms with E-state index in [2.05, 4.69) is 4.98 Å². The molecule has 0 atom stereocenters. The molecule has 96 valence electrons. The third-order valence-electron chi connectivity index (χ3n) is 2.78. The molecule has 0 aliphatic rings. The van der Waals surface area contributed by atoms with Crippen molar-refractivity contribution in [2.24, 2.45) is 0 Å². The van der Waals surface area contributed by atoms with Gasteiger partial charge in [-0.1, -0.05) is 25.5 Å². The number of aryl methyl sites for hydroxylation is 1. The lowest BCUT2D eigenvalue weighted by molar-refractivity contribution is -0.141. The third kappa shape index (κ3) is 2.25. The van der Waals surface area contributed by atoms with Gasteiger partial charge in [-0.15, -0.1) is 0 Å². The molecular weight excluding hydrogens is 243 g/mol. The minimum Gasteiger partial charge on any atom is -0.351 e. The van der Waals surface area contributed by atoms with Gasteiger partial charge in [-0.25, -0.2) is 0 Å². The van der Waals surface area contributed by atoms with Gasteiger partial charge in [0.1, 0.15) is 5.69 Å². The number of rotatable bonds is 2. The van der Waals surface area contributed by atoms with Crippen LogP contribution in [-0.2, 0) is 12.6 Å². The number of para-hydroxylation sites is 1. The summed E-state index contributed by atoms with van der Waals surface area (Å²) in [5, 5.41) is 0.300. The van der Waals surface area contributed by atoms with Crippen LogP contribution in [0.4, 0.5) is 13.2 Å². The highest BCUT2D eigenvalue weighted by molar-refractivity contribution is 5.81. The van der Waals surface area contributed by atoms with E-state index in [1.165, 1.54) is 6.07 Å². The first-order valence-corrected chi connectivity index (χ1v) is 5.65. The van der Waals surface area contributed by atoms with Crippen molar-refractivity contribution in [1.82, 2.24) is 4.98 Å². The Morgan fingerprint density at radius 1 is 1.28 bits per heavy atom. The summed E-state index contributed by atoms with van der Waals surface area (Å²) >= 11 is 0. The van der Waals surface area contributed by atoms with Crippen molar-refractivity contribution in [3.05, 3.63) is 45.7 Å². The van der Waals surface area contributed by atoms with Crippen LogP contribution in [0, 0.1) is 0 Å². The molecule has 2 aromatic rings. The van der Waals surface area contributed by atoms with Crippen LogP contribution in [0.2, 0.25) is 0 Å². The van der Waals surface area contributed by atoms with Crippen LogP contribution in [0.1, 0.15) is 24.6 Å². The first kappa shape index (κ1) is 12.7. The SMILES string of the molecule is CCCc1cccc2c(=O)cc(C(F)(F)F)[nH]c12. The fourth-order valence-electron chi connectivity index (χ4n) is 1.96. The van der Waals surface area contributed by atoms with Crippen LogP contribution >= 0.6 is 0 Å². The molecule has 0 aliphatic carbocycles. The van der Waals surface area contributed by atoms with Crippen LogP contribution in [0.25, 0.3) is 10.9 Å². The molecule has 1 aromatic carbocycles. The number of H-pyrrole nitrogens is 1. The minimum absolute atomic E-state index is 0.291. The van der Waals surface area contributed by atoms with E-state index < -0.39 is 17.3 Å². The monoisotopic (exact) mass is 255 g/mol. The van der Waals surface area contributed by atoms with E-state index >= 15 is 0 Å². The summed E-state index contributed by atoms with van der Waals surface area (Å²) in [6.45, 7) is 1.94. The third-order valence-corrected chi connectivity index (χ3v) is 2.78. The molecule has 0 fully saturated rings. The Labute approximate surface area is 101 Å². The Bertz CT molecular complexity index is 628. The van der Waals surface area contributed by atoms with Crippen LogP contribution in [0.3, 0.4) is 0 Å². The summed E-state index contributed by atoms with van der Waals surface area (Å²) in [6, 6.07) is 5.57. The predicted molar refractivity (Wildman–Crippen MR) is 63.6 cm³/mol. The Morgan fingerprint density at radius 3 is 2.61 bits per heavy atom. The van der Waals surface area contributed by atoms with Crippen molar-refractivity contribution in [3.8, 4) is 0 Å². The lowest BCUT2D eigenvalue weighted by Gasteiger charge is -2.10. The normalized spacial score (nSPS) is 12.0. The molecule has 18 heavy (non-hydrogen) atoms. The minimum atomic E-state index is -4.54. The average molecular weight is 255 g/mol. The van der Waals surface area contributed by atoms with E-state index in [0.717, 1.165) is 12.0 Å². The van der Waals surface area contributed by atoms with Crippen LogP contribution < -0.4 is 5.43 Å². The summed E-state index contributed by atoms with van der Waals surface area (Å²) in [7, 11) is 0. The van der Waals surface area contributed by atoms with Crippen molar-refractivity contribution in [2.75, 3.05) is 0 Å². The zero-order chi connectivity index (χ0) is 13.3. The zero-order valence-electron chi connectivity index (χ0n) is 9.77. The number of alkyl halides is 3. The molecule has 2 rings (SSSR count). The van der Waals surface area contributed by atoms with Crippen molar-refractivity contribution in [2.45, 2.75) is 25.9 Å². The second-order valence-electron chi connectivity index (χ2n) is 4.13. The van der Waals surface area contributed by atoms with Gasteiger partial charge in [0, 0.05) is 11.5 Å². The number of hydrogen-bond donors (Lipinski definition) is 1. The number of hydrogen-bond acceptors (Lipinski definition) is 1. The van der Waals surface area contributed by atoms with Gasteiger partial charge in [0.15, 0.2) is 5.43 Å². The van der Waals surface area contributed by atoms with E-state index in [1.807, 2.05) is 6.92 Å². The maximum absolute atomic E-state index is 12.6. The lowest BCUT2D eigenvalue weighted by Crippen LogP contribution is -2.14. The van der Waals surface area contributed by atoms with Gasteiger partial charge in [0.2, 0.25) is 0 Å². The topological polar surface area (TPSA) is 32.9 Å². The van der Waals surface area contributed by atoms with E-state index in [1.54, 1.807) is 12.1 Å². The highest BCUT2D eigenvalue weighted by Gasteiger charge is 2.32. The summed E-state index contributed by atoms with van der Waals surface area (Å²) in [5.41, 5.74) is -0.574. The molecule has 5 heteroatoms. The molecule has 1 aromatic heterocycles. The number of aromatic nitrogens is 1. The molecule has 0 spiro atoms. The Kier molecular flexibility index (Phi) is 3.15. The first-order chi connectivity index (χ1) is 8.43. The van der Waals surface area contributed by atoms with Gasteiger partial charge >= 0.3 is 6.18 Å². The molecule has 0 unspecified atom stereocenters. The number of aromatic amines is 1. The summed E-state index contributed by atoms with van der Waals surface area (Å²) in [6.07, 6.45) is -3.10. The van der Waals surface area contributed by atoms with Gasteiger partial charge in [0.25, 0.3) is 0 Å². The maximum Gasteiger partial charge on any atom is 0.431 e. The average Bonchev–Trinajstić information content (AvgIpc) is 2.29. The molecule has 1 heterocycles. The molecule has 1 N–H and O–H groups in total. The lowest BCUT2D eigenvalue weighted by atomic mass is 10.0. The predicted octanol–water partition coefficient (Wildman–Crippen LogP) is 3.50. The largest absolute Gasteiger partial charge is 0.431 e. The summed E-state index contributed by atoms with van der Waals surface area (Å²) < 4.78 is 37.9. The van der Waals surface area contributed by atoms with E-state index in [4.69, 9.17) is 0 Å². The van der Waals surface area contributed by atoms with Gasteiger partial charge in [-0.2, -0.15) is 13.2 Å². The van der Waals surface area contributed by atoms with Gasteiger partial charge in [0.05, 0.1) is 5.52 Å². The van der Waals surface area contributed by atoms with E-state index in [0.29, 0.717) is 23.4 Å². The van der Waals surface area contributed by atoms with E-state index in [9.17, 15) is 18.0 Å². The second-order valence-corrected chi connectivity index (χ2v) is 4.13. The van der Waals surface area contributed by atoms with Gasteiger partial charge in [-0.05, 0) is 18.1 Å². The van der Waals surface area contributed by atoms with Crippen LogP contribution in [0.15, 0.2) is 29.1 Å². The van der Waals surface area contributed by atoms with Crippen LogP contribution in [0.5, 0.6) is 0 Å². The molecular formula is C13H12F3NO. The number of fused-ring (bicyclic) bond motifs is 1. The number of pyridine rings is 1. The molecule has 0 aliphatic heterocycles. The maximum atomic E-state index is 12.6. The van der Waals surface area contributed by atoms with Crippen molar-refractivity contribution >= 4 is 10.9 Å². The Balaban J connectivity index is 2.76. The van der Waals surface area contributed by atoms with E-state index in [-0.39, 0.29) is 0 Å². The molecule has 0 bridgehead atoms. The van der Waals surface area contributed by atoms with Gasteiger partial charge in [-0.3, -0.25) is 4.79 Å². The Hall–Kier alpha value is -1.78. The number of halogens is 3. The smallest absolute Gasteiger partial charge is 0.351 e. The molecule has 0 radical (unpaired) electrons. The molecule has 0 amide bonds. The molecule has 2 nitrogen and oxygen atoms in total. The number of nitrogens with one attached hydrogen (secondary N) is 1. The fourth-order valence-corrected chi connectivity index (χ4v) is 1.96. The summed E-state index contributed by atoms with van der Waals surface area (Å²) in [5.74, 6) is 0. The first-order valence-electron chi connectivity index (χ1n) is 5.65.